The van der Waals surface area contributed by atoms with Crippen LogP contribution in [-0.4, -0.2) is 254 Å². The van der Waals surface area contributed by atoms with Crippen molar-refractivity contribution in [3.05, 3.63) is 178 Å². The Morgan fingerprint density at radius 1 is 0.474 bits per heavy atom. The largest absolute Gasteiger partial charge is 0.481 e. The number of H-pyrrole nitrogens is 2. The highest BCUT2D eigenvalue weighted by Crippen LogP contribution is 2.29. The molecule has 13 atom stereocenters. The predicted octanol–water partition coefficient (Wildman–Crippen LogP) is 3.98. The summed E-state index contributed by atoms with van der Waals surface area (Å²) >= 11 is 3.46. The van der Waals surface area contributed by atoms with Gasteiger partial charge in [0.1, 0.15) is 60.2 Å². The summed E-state index contributed by atoms with van der Waals surface area (Å²) in [6.07, 6.45) is -0.722. The number of para-hydroxylation sites is 2. The molecule has 2 aromatic heterocycles. The average molecular weight is 1940 g/mol. The van der Waals surface area contributed by atoms with Gasteiger partial charge in [0.15, 0.2) is 5.78 Å². The monoisotopic (exact) mass is 1940 g/mol. The fourth-order valence-electron chi connectivity index (χ4n) is 17.2. The molecule has 1 saturated heterocycles. The molecule has 7 aromatic rings. The standard InChI is InChI=1S/C98H125N17O19S3/c1-8-65-40-80(118)88(58(7)116)111-91(127)68(41-79(117)57(6)99)52-135-32-28-82(120)112-46-59-17-13-19-61(35-59)48-113-49-62-20-15-22-64(37-62)51-114(50-63-21-14-18-60(36-63)47-112)84(122)30-34-137-54-77(108-90(65)126)95(131)105-74(39-67-44-102-72-26-12-10-24-70(67)72)94(130)109-86(55(2)3)97(133)106-75(42-85(123)124)92(128)103-45-81(119)104-73(38-66-43-101-71-25-11-9-23-69(66)71)93(129)110-87(56(4)5)98(134)115-31-16-27-78(115)96(132)107-76(89(100)125)53-136-33-29-83(113)121/h9-15,17-26,35-37,43-44,55-58,65,68,73-78,86-88,101-102,116H,8,16,27-34,38-42,45-54,99H2,1-7H3,(H2,100,125)(H,103,128)(H,104,119)(H,105,131)(H,106,133)(H,107,132)(H,108,126)(H,109,130)(H,110,129)(H,111,127)(H,123,124). The van der Waals surface area contributed by atoms with Crippen LogP contribution >= 0.6 is 35.3 Å². The van der Waals surface area contributed by atoms with Gasteiger partial charge in [-0.1, -0.05) is 144 Å². The smallest absolute Gasteiger partial charge is 0.305 e. The number of aliphatic carboxylic acids is 1. The number of aliphatic hydroxyl groups excluding tert-OH is 1. The molecule has 4 aliphatic rings. The number of aromatic nitrogens is 2. The van der Waals surface area contributed by atoms with Gasteiger partial charge in [0.25, 0.3) is 0 Å². The molecule has 14 amide bonds. The van der Waals surface area contributed by atoms with Crippen LogP contribution in [0.15, 0.2) is 134 Å². The zero-order valence-corrected chi connectivity index (χ0v) is 80.5. The predicted molar refractivity (Wildman–Crippen MR) is 518 cm³/mol. The van der Waals surface area contributed by atoms with Gasteiger partial charge in [-0.3, -0.25) is 81.5 Å². The first-order valence-electron chi connectivity index (χ1n) is 46.4. The maximum absolute atomic E-state index is 15.6. The van der Waals surface area contributed by atoms with E-state index < -0.39 is 192 Å². The van der Waals surface area contributed by atoms with Crippen molar-refractivity contribution in [2.45, 2.75) is 225 Å². The van der Waals surface area contributed by atoms with Crippen molar-refractivity contribution in [2.24, 2.45) is 35.1 Å². The van der Waals surface area contributed by atoms with E-state index in [0.717, 1.165) is 11.8 Å². The minimum atomic E-state index is -1.94. The van der Waals surface area contributed by atoms with Crippen molar-refractivity contribution in [3.63, 3.8) is 0 Å². The number of benzene rings is 5. The van der Waals surface area contributed by atoms with E-state index in [0.29, 0.717) is 72.7 Å². The molecule has 0 spiro atoms. The maximum atomic E-state index is 15.6. The summed E-state index contributed by atoms with van der Waals surface area (Å²) in [6.45, 7) is 10.2. The lowest BCUT2D eigenvalue weighted by Gasteiger charge is -2.32. The molecule has 10 bridgehead atoms. The van der Waals surface area contributed by atoms with Crippen LogP contribution in [0.2, 0.25) is 0 Å². The van der Waals surface area contributed by atoms with Gasteiger partial charge in [0, 0.05) is 165 Å². The molecule has 39 heteroatoms. The van der Waals surface area contributed by atoms with E-state index in [2.05, 4.69) is 57.8 Å². The van der Waals surface area contributed by atoms with Crippen molar-refractivity contribution in [3.8, 4) is 0 Å². The lowest BCUT2D eigenvalue weighted by molar-refractivity contribution is -0.143. The Kier molecular flexibility index (Phi) is 38.4. The van der Waals surface area contributed by atoms with E-state index in [-0.39, 0.29) is 149 Å². The van der Waals surface area contributed by atoms with Crippen molar-refractivity contribution in [1.29, 1.82) is 0 Å². The van der Waals surface area contributed by atoms with Crippen LogP contribution in [0, 0.1) is 23.7 Å². The van der Waals surface area contributed by atoms with E-state index in [4.69, 9.17) is 11.5 Å². The van der Waals surface area contributed by atoms with Gasteiger partial charge in [-0.25, -0.2) is 0 Å². The SMILES string of the molecule is CCC1CC(=O)C(C(C)O)NC(=O)C(CC(=O)C(C)N)CSCCC(=O)N2Cc3cccc(c3)CN3Cc4cccc(c4)CN(Cc4cccc(c4)C2)C(=O)CCSCC(NC1=O)C(=O)NC(Cc1c[nH]c2ccccc12)C(=O)NC(C(C)C)C(=O)NC(CC(=O)O)C(=O)NCC(=O)NC(Cc1c[nH]c2ccccc12)C(=O)NC(C(C)C)C(=O)N1CCCC1C(=O)NC(C(N)=O)CSCCC3=O. The van der Waals surface area contributed by atoms with Crippen LogP contribution in [0.3, 0.4) is 0 Å². The second kappa shape index (κ2) is 50.0. The number of aliphatic hydroxyl groups is 1. The summed E-state index contributed by atoms with van der Waals surface area (Å²) in [5.41, 5.74) is 18.6. The zero-order valence-electron chi connectivity index (χ0n) is 78.0. The number of thioether (sulfide) groups is 3. The number of nitrogens with one attached hydrogen (secondary N) is 11. The number of aromatic amines is 2. The van der Waals surface area contributed by atoms with Gasteiger partial charge >= 0.3 is 5.97 Å². The lowest BCUT2D eigenvalue weighted by atomic mass is 9.92. The Morgan fingerprint density at radius 2 is 0.927 bits per heavy atom. The molecule has 0 aliphatic carbocycles. The van der Waals surface area contributed by atoms with Crippen molar-refractivity contribution in [1.82, 2.24) is 77.4 Å². The Morgan fingerprint density at radius 3 is 1.39 bits per heavy atom. The minimum absolute atomic E-state index is 0.00445. The molecule has 0 saturated carbocycles. The number of carbonyl (C=O) groups excluding carboxylic acids is 16. The van der Waals surface area contributed by atoms with Gasteiger partial charge in [-0.15, -0.1) is 0 Å². The molecule has 137 heavy (non-hydrogen) atoms. The summed E-state index contributed by atoms with van der Waals surface area (Å²) in [4.78, 5) is 261. The van der Waals surface area contributed by atoms with E-state index in [1.165, 1.54) is 42.3 Å². The number of carboxylic acid groups (broad SMARTS) is 1. The van der Waals surface area contributed by atoms with Crippen LogP contribution < -0.4 is 59.3 Å². The molecular weight excluding hydrogens is 1820 g/mol. The fourth-order valence-corrected chi connectivity index (χ4v) is 20.1. The van der Waals surface area contributed by atoms with E-state index in [9.17, 15) is 58.2 Å². The first-order valence-corrected chi connectivity index (χ1v) is 49.8. The van der Waals surface area contributed by atoms with Crippen LogP contribution in [0.4, 0.5) is 0 Å². The summed E-state index contributed by atoms with van der Waals surface area (Å²) in [6, 6.07) is 21.9. The van der Waals surface area contributed by atoms with Gasteiger partial charge in [0.05, 0.1) is 31.0 Å². The van der Waals surface area contributed by atoms with Gasteiger partial charge in [-0.05, 0) is 102 Å². The maximum Gasteiger partial charge on any atom is 0.305 e. The number of ketones is 2. The number of carboxylic acids is 1. The molecule has 0 radical (unpaired) electrons. The number of Topliss-reactive ketones (excluding diaryl/α,β-unsaturated/α-hetero) is 2. The summed E-state index contributed by atoms with van der Waals surface area (Å²) in [5.74, 6) is -17.9. The molecule has 5 aromatic carbocycles. The Labute approximate surface area is 807 Å². The van der Waals surface area contributed by atoms with Crippen molar-refractivity contribution in [2.75, 3.05) is 47.6 Å². The lowest BCUT2D eigenvalue weighted by Crippen LogP contribution is -2.61. The average Bonchev–Trinajstić information content (AvgIpc) is 1.68. The fraction of sp³-hybridized carbons (Fsp3) is 0.480. The number of hydrogen-bond acceptors (Lipinski definition) is 22. The number of fused-ring (bicyclic) bond motifs is 12. The number of carbonyl (C=O) groups is 17. The van der Waals surface area contributed by atoms with Crippen molar-refractivity contribution >= 4 is 157 Å². The van der Waals surface area contributed by atoms with E-state index >= 15 is 33.6 Å². The third kappa shape index (κ3) is 29.8. The summed E-state index contributed by atoms with van der Waals surface area (Å²) in [5, 5.41) is 46.9. The first-order chi connectivity index (χ1) is 65.5. The molecule has 734 valence electrons. The van der Waals surface area contributed by atoms with Crippen LogP contribution in [-0.2, 0) is 134 Å². The highest BCUT2D eigenvalue weighted by Gasteiger charge is 2.43. The second-order valence-electron chi connectivity index (χ2n) is 36.2. The van der Waals surface area contributed by atoms with Gasteiger partial charge in [-0.2, -0.15) is 35.3 Å². The Balaban J connectivity index is 0.983. The molecule has 6 heterocycles. The summed E-state index contributed by atoms with van der Waals surface area (Å²) in [7, 11) is 0. The molecule has 17 N–H and O–H groups in total. The Hall–Kier alpha value is -12.5. The van der Waals surface area contributed by atoms with Gasteiger partial charge in [0.2, 0.25) is 82.7 Å². The molecule has 13 unspecified atom stereocenters. The number of hydrogen-bond donors (Lipinski definition) is 15. The van der Waals surface area contributed by atoms with Crippen molar-refractivity contribution < 1.29 is 91.7 Å². The highest BCUT2D eigenvalue weighted by atomic mass is 32.2. The molecule has 4 aliphatic heterocycles. The quantitative estimate of drug-likeness (QED) is 0.0732. The molecule has 11 rings (SSSR count). The first kappa shape index (κ1) is 105. The third-order valence-corrected chi connectivity index (χ3v) is 28.1. The number of amides is 14. The number of rotatable bonds is 14. The van der Waals surface area contributed by atoms with Crippen LogP contribution in [0.1, 0.15) is 151 Å². The van der Waals surface area contributed by atoms with Crippen LogP contribution in [0.5, 0.6) is 0 Å². The van der Waals surface area contributed by atoms with Gasteiger partial charge < -0.3 is 99.1 Å². The zero-order chi connectivity index (χ0) is 98.8. The second-order valence-corrected chi connectivity index (χ2v) is 39.7. The summed E-state index contributed by atoms with van der Waals surface area (Å²) < 4.78 is 0. The molecular formula is C98H125N17O19S3. The van der Waals surface area contributed by atoms with Crippen LogP contribution in [0.25, 0.3) is 21.8 Å². The minimum Gasteiger partial charge on any atom is -0.481 e. The normalized spacial score (nSPS) is 23.9. The highest BCUT2D eigenvalue weighted by molar-refractivity contribution is 7.99. The molecule has 1 fully saturated rings. The number of primary amides is 1. The third-order valence-electron chi connectivity index (χ3n) is 24.8. The number of nitrogens with zero attached hydrogens (tertiary/aromatic N) is 4. The van der Waals surface area contributed by atoms with E-state index in [1.807, 2.05) is 72.8 Å². The number of nitrogens with two attached hydrogens (primary N) is 2. The Bertz CT molecular complexity index is 5570. The molecule has 36 nitrogen and oxygen atoms in total. The van der Waals surface area contributed by atoms with E-state index in [1.54, 1.807) is 110 Å². The topological polar surface area (TPSA) is 535 Å².